The average Bonchev–Trinajstić information content (AvgIpc) is 3.02. The van der Waals surface area contributed by atoms with Crippen LogP contribution in [0.1, 0.15) is 81.0 Å². The van der Waals surface area contributed by atoms with Crippen molar-refractivity contribution in [2.75, 3.05) is 5.32 Å². The number of benzene rings is 1. The molecule has 0 radical (unpaired) electrons. The van der Waals surface area contributed by atoms with Gasteiger partial charge in [-0.25, -0.2) is 4.68 Å². The number of hydrogen-bond donors (Lipinski definition) is 2. The molecule has 2 atom stereocenters. The van der Waals surface area contributed by atoms with Gasteiger partial charge in [0.25, 0.3) is 5.91 Å². The predicted octanol–water partition coefficient (Wildman–Crippen LogP) is 5.80. The number of anilines is 1. The van der Waals surface area contributed by atoms with E-state index < -0.39 is 29.7 Å². The summed E-state index contributed by atoms with van der Waals surface area (Å²) in [5.74, 6) is -0.336. The van der Waals surface area contributed by atoms with Gasteiger partial charge in [-0.2, -0.15) is 18.3 Å². The molecule has 1 aliphatic heterocycles. The second-order valence-electron chi connectivity index (χ2n) is 10.3. The first-order valence-corrected chi connectivity index (χ1v) is 10.5. The third-order valence-electron chi connectivity index (χ3n) is 5.39. The van der Waals surface area contributed by atoms with Crippen molar-refractivity contribution in [3.63, 3.8) is 0 Å². The molecule has 0 aliphatic carbocycles. The normalized spacial score (nSPS) is 19.5. The van der Waals surface area contributed by atoms with Crippen molar-refractivity contribution in [3.05, 3.63) is 47.2 Å². The fourth-order valence-electron chi connectivity index (χ4n) is 4.49. The van der Waals surface area contributed by atoms with Crippen LogP contribution in [0.3, 0.4) is 0 Å². The van der Waals surface area contributed by atoms with E-state index in [2.05, 4.69) is 36.5 Å². The Morgan fingerprint density at radius 2 is 1.77 bits per heavy atom. The lowest BCUT2D eigenvalue weighted by Crippen LogP contribution is -2.46. The van der Waals surface area contributed by atoms with Gasteiger partial charge in [0.1, 0.15) is 11.4 Å². The largest absolute Gasteiger partial charge is 0.410 e. The van der Waals surface area contributed by atoms with Gasteiger partial charge < -0.3 is 10.6 Å². The standard InChI is InChI=1S/C23H31F3N4O/c1-14-7-9-15(10-8-14)17-11-18(23(24,25)26)30-19(28-17)16(12-27-30)20(31)29-22(5,6)13-21(2,3)4/h7-10,12,17-18,28H,11,13H2,1-6H3,(H,29,31)/t17-,18-/m0/s1. The maximum Gasteiger partial charge on any atom is 0.410 e. The van der Waals surface area contributed by atoms with E-state index in [1.54, 1.807) is 0 Å². The fourth-order valence-corrected chi connectivity index (χ4v) is 4.49. The van der Waals surface area contributed by atoms with Crippen LogP contribution in [-0.2, 0) is 0 Å². The van der Waals surface area contributed by atoms with E-state index in [4.69, 9.17) is 0 Å². The molecular formula is C23H31F3N4O. The SMILES string of the molecule is Cc1ccc([C@@H]2C[C@@H](C(F)(F)F)n3ncc(C(=O)NC(C)(C)CC(C)(C)C)c3N2)cc1. The molecular weight excluding hydrogens is 405 g/mol. The lowest BCUT2D eigenvalue weighted by Gasteiger charge is -2.35. The van der Waals surface area contributed by atoms with Crippen molar-refractivity contribution in [1.29, 1.82) is 0 Å². The van der Waals surface area contributed by atoms with Gasteiger partial charge in [0.15, 0.2) is 6.04 Å². The highest BCUT2D eigenvalue weighted by atomic mass is 19.4. The molecule has 2 heterocycles. The highest BCUT2D eigenvalue weighted by molar-refractivity contribution is 5.99. The summed E-state index contributed by atoms with van der Waals surface area (Å²) in [4.78, 5) is 13.0. The van der Waals surface area contributed by atoms with Crippen molar-refractivity contribution in [3.8, 4) is 0 Å². The topological polar surface area (TPSA) is 59.0 Å². The summed E-state index contributed by atoms with van der Waals surface area (Å²) in [6, 6.07) is 4.99. The first-order chi connectivity index (χ1) is 14.2. The summed E-state index contributed by atoms with van der Waals surface area (Å²) in [5, 5.41) is 10.1. The summed E-state index contributed by atoms with van der Waals surface area (Å²) in [6.45, 7) is 12.0. The molecule has 0 bridgehead atoms. The number of amides is 1. The van der Waals surface area contributed by atoms with Crippen LogP contribution in [-0.4, -0.2) is 27.4 Å². The van der Waals surface area contributed by atoms with E-state index in [0.29, 0.717) is 6.42 Å². The predicted molar refractivity (Wildman–Crippen MR) is 115 cm³/mol. The van der Waals surface area contributed by atoms with Gasteiger partial charge in [0, 0.05) is 12.0 Å². The molecule has 1 amide bonds. The Bertz CT molecular complexity index is 939. The van der Waals surface area contributed by atoms with E-state index in [-0.39, 0.29) is 23.2 Å². The molecule has 170 valence electrons. The zero-order chi connectivity index (χ0) is 23.2. The number of carbonyl (C=O) groups is 1. The summed E-state index contributed by atoms with van der Waals surface area (Å²) >= 11 is 0. The van der Waals surface area contributed by atoms with Gasteiger partial charge in [0.2, 0.25) is 0 Å². The van der Waals surface area contributed by atoms with E-state index in [9.17, 15) is 18.0 Å². The number of rotatable bonds is 4. The van der Waals surface area contributed by atoms with E-state index in [1.165, 1.54) is 6.20 Å². The minimum Gasteiger partial charge on any atom is -0.363 e. The first kappa shape index (κ1) is 23.2. The summed E-state index contributed by atoms with van der Waals surface area (Å²) in [7, 11) is 0. The van der Waals surface area contributed by atoms with Crippen molar-refractivity contribution >= 4 is 11.7 Å². The van der Waals surface area contributed by atoms with Crippen molar-refractivity contribution < 1.29 is 18.0 Å². The summed E-state index contributed by atoms with van der Waals surface area (Å²) in [5.41, 5.74) is 1.34. The molecule has 8 heteroatoms. The Balaban J connectivity index is 1.94. The quantitative estimate of drug-likeness (QED) is 0.637. The molecule has 1 aliphatic rings. The Morgan fingerprint density at radius 3 is 2.32 bits per heavy atom. The van der Waals surface area contributed by atoms with Crippen LogP contribution < -0.4 is 10.6 Å². The Kier molecular flexibility index (Phi) is 5.88. The minimum atomic E-state index is -4.48. The molecule has 31 heavy (non-hydrogen) atoms. The Morgan fingerprint density at radius 1 is 1.16 bits per heavy atom. The zero-order valence-electron chi connectivity index (χ0n) is 18.9. The summed E-state index contributed by atoms with van der Waals surface area (Å²) < 4.78 is 42.5. The van der Waals surface area contributed by atoms with Gasteiger partial charge in [0.05, 0.1) is 12.2 Å². The highest BCUT2D eigenvalue weighted by Gasteiger charge is 2.47. The molecule has 2 aromatic rings. The van der Waals surface area contributed by atoms with Crippen LogP contribution >= 0.6 is 0 Å². The number of hydrogen-bond acceptors (Lipinski definition) is 3. The molecule has 1 aromatic heterocycles. The molecule has 2 N–H and O–H groups in total. The maximum absolute atomic E-state index is 13.9. The fraction of sp³-hybridized carbons (Fsp3) is 0.565. The lowest BCUT2D eigenvalue weighted by atomic mass is 9.81. The monoisotopic (exact) mass is 436 g/mol. The van der Waals surface area contributed by atoms with Crippen LogP contribution in [0.4, 0.5) is 19.0 Å². The lowest BCUT2D eigenvalue weighted by molar-refractivity contribution is -0.173. The number of aryl methyl sites for hydroxylation is 1. The van der Waals surface area contributed by atoms with Crippen molar-refractivity contribution in [2.45, 2.75) is 78.2 Å². The van der Waals surface area contributed by atoms with E-state index >= 15 is 0 Å². The molecule has 0 unspecified atom stereocenters. The number of nitrogens with one attached hydrogen (secondary N) is 2. The molecule has 0 spiro atoms. The average molecular weight is 437 g/mol. The second-order valence-corrected chi connectivity index (χ2v) is 10.3. The second kappa shape index (κ2) is 7.88. The van der Waals surface area contributed by atoms with Gasteiger partial charge >= 0.3 is 6.18 Å². The number of halogens is 3. The minimum absolute atomic E-state index is 0.0224. The van der Waals surface area contributed by atoms with E-state index in [1.807, 2.05) is 45.0 Å². The third-order valence-corrected chi connectivity index (χ3v) is 5.39. The Labute approximate surface area is 181 Å². The van der Waals surface area contributed by atoms with Crippen LogP contribution in [0.25, 0.3) is 0 Å². The number of aromatic nitrogens is 2. The maximum atomic E-state index is 13.9. The van der Waals surface area contributed by atoms with Crippen molar-refractivity contribution in [2.24, 2.45) is 5.41 Å². The van der Waals surface area contributed by atoms with Crippen LogP contribution in [0.5, 0.6) is 0 Å². The number of fused-ring (bicyclic) bond motifs is 1. The molecule has 0 saturated heterocycles. The van der Waals surface area contributed by atoms with Gasteiger partial charge in [-0.1, -0.05) is 50.6 Å². The van der Waals surface area contributed by atoms with Crippen LogP contribution in [0, 0.1) is 12.3 Å². The molecule has 0 fully saturated rings. The van der Waals surface area contributed by atoms with Gasteiger partial charge in [-0.05, 0) is 38.2 Å². The first-order valence-electron chi connectivity index (χ1n) is 10.5. The van der Waals surface area contributed by atoms with Gasteiger partial charge in [-0.15, -0.1) is 0 Å². The Hall–Kier alpha value is -2.51. The number of alkyl halides is 3. The highest BCUT2D eigenvalue weighted by Crippen LogP contribution is 2.44. The molecule has 5 nitrogen and oxygen atoms in total. The number of nitrogens with zero attached hydrogens (tertiary/aromatic N) is 2. The van der Waals surface area contributed by atoms with Gasteiger partial charge in [-0.3, -0.25) is 4.79 Å². The zero-order valence-corrected chi connectivity index (χ0v) is 18.9. The van der Waals surface area contributed by atoms with Crippen molar-refractivity contribution in [1.82, 2.24) is 15.1 Å². The smallest absolute Gasteiger partial charge is 0.363 e. The molecule has 1 aromatic carbocycles. The summed E-state index contributed by atoms with van der Waals surface area (Å²) in [6.07, 6.45) is -2.75. The molecule has 3 rings (SSSR count). The van der Waals surface area contributed by atoms with Crippen LogP contribution in [0.15, 0.2) is 30.5 Å². The van der Waals surface area contributed by atoms with Crippen LogP contribution in [0.2, 0.25) is 0 Å². The van der Waals surface area contributed by atoms with E-state index in [0.717, 1.165) is 15.8 Å². The number of carbonyl (C=O) groups excluding carboxylic acids is 1. The third kappa shape index (κ3) is 5.40. The molecule has 0 saturated carbocycles.